The summed E-state index contributed by atoms with van der Waals surface area (Å²) in [5.74, 6) is -2.05. The maximum Gasteiger partial charge on any atom is 0.330 e. The molecule has 2 aliphatic heterocycles. The number of rotatable bonds is 3. The Morgan fingerprint density at radius 3 is 2.83 bits per heavy atom. The Kier molecular flexibility index (Phi) is 3.31. The first-order chi connectivity index (χ1) is 8.43. The van der Waals surface area contributed by atoms with Crippen molar-refractivity contribution in [2.75, 3.05) is 6.61 Å². The predicted molar refractivity (Wildman–Crippen MR) is 62.3 cm³/mol. The summed E-state index contributed by atoms with van der Waals surface area (Å²) >= 11 is 1.27. The first kappa shape index (κ1) is 12.9. The molecular formula is C10H12N2O5S. The van der Waals surface area contributed by atoms with Gasteiger partial charge >= 0.3 is 11.9 Å². The second kappa shape index (κ2) is 4.62. The Morgan fingerprint density at radius 2 is 2.28 bits per heavy atom. The molecule has 0 spiro atoms. The average molecular weight is 272 g/mol. The molecule has 2 aliphatic rings. The number of aliphatic carboxylic acids is 1. The number of fused-ring (bicyclic) bond motifs is 1. The van der Waals surface area contributed by atoms with Crippen LogP contribution in [0, 0.1) is 0 Å². The molecule has 2 heterocycles. The van der Waals surface area contributed by atoms with E-state index in [2.05, 4.69) is 0 Å². The van der Waals surface area contributed by atoms with E-state index in [-0.39, 0.29) is 12.0 Å². The van der Waals surface area contributed by atoms with Crippen molar-refractivity contribution in [3.8, 4) is 0 Å². The van der Waals surface area contributed by atoms with E-state index in [1.54, 1.807) is 5.41 Å². The minimum absolute atomic E-state index is 0.134. The van der Waals surface area contributed by atoms with Crippen LogP contribution in [0.15, 0.2) is 11.0 Å². The highest BCUT2D eigenvalue weighted by Gasteiger charge is 2.53. The third-order valence-corrected chi connectivity index (χ3v) is 4.02. The van der Waals surface area contributed by atoms with E-state index in [9.17, 15) is 19.5 Å². The van der Waals surface area contributed by atoms with Crippen LogP contribution < -0.4 is 5.73 Å². The number of hydrogen-bond donors (Lipinski definition) is 2. The van der Waals surface area contributed by atoms with E-state index in [0.717, 1.165) is 0 Å². The Morgan fingerprint density at radius 1 is 1.61 bits per heavy atom. The SMILES string of the molecule is CC(=O)OCC1=CS[C@@H]2[C@H](N)C(=O)N2[C@H]1C(=O)O. The number of carbonyl (C=O) groups is 3. The molecule has 1 fully saturated rings. The van der Waals surface area contributed by atoms with Crippen LogP contribution in [0.2, 0.25) is 0 Å². The number of carbonyl (C=O) groups excluding carboxylic acids is 2. The van der Waals surface area contributed by atoms with Gasteiger partial charge in [-0.2, -0.15) is 0 Å². The van der Waals surface area contributed by atoms with Crippen LogP contribution in [0.1, 0.15) is 6.92 Å². The summed E-state index contributed by atoms with van der Waals surface area (Å²) in [4.78, 5) is 34.8. The lowest BCUT2D eigenvalue weighted by molar-refractivity contribution is -0.158. The molecule has 8 heteroatoms. The van der Waals surface area contributed by atoms with Crippen molar-refractivity contribution in [3.05, 3.63) is 11.0 Å². The maximum atomic E-state index is 11.6. The second-order valence-electron chi connectivity index (χ2n) is 4.01. The zero-order valence-corrected chi connectivity index (χ0v) is 10.3. The zero-order chi connectivity index (χ0) is 13.4. The van der Waals surface area contributed by atoms with Crippen LogP contribution in [0.4, 0.5) is 0 Å². The molecule has 0 unspecified atom stereocenters. The minimum Gasteiger partial charge on any atom is -0.479 e. The lowest BCUT2D eigenvalue weighted by atomic mass is 9.99. The van der Waals surface area contributed by atoms with E-state index >= 15 is 0 Å². The standard InChI is InChI=1S/C10H12N2O5S/c1-4(13)17-2-5-3-18-9-6(11)8(14)12(9)7(5)10(15)16/h3,6-7,9H,2,11H2,1H3,(H,15,16)/t6-,7-,9-/m1/s1. The molecule has 0 saturated carbocycles. The molecule has 3 atom stereocenters. The number of nitrogens with zero attached hydrogens (tertiary/aromatic N) is 1. The first-order valence-electron chi connectivity index (χ1n) is 5.22. The third-order valence-electron chi connectivity index (χ3n) is 2.79. The molecule has 3 N–H and O–H groups in total. The van der Waals surface area contributed by atoms with Crippen molar-refractivity contribution in [2.24, 2.45) is 5.73 Å². The van der Waals surface area contributed by atoms with Crippen molar-refractivity contribution in [1.29, 1.82) is 0 Å². The van der Waals surface area contributed by atoms with Crippen molar-refractivity contribution >= 4 is 29.6 Å². The Balaban J connectivity index is 2.19. The zero-order valence-electron chi connectivity index (χ0n) is 9.53. The fraction of sp³-hybridized carbons (Fsp3) is 0.500. The smallest absolute Gasteiger partial charge is 0.330 e. The second-order valence-corrected chi connectivity index (χ2v) is 5.00. The van der Waals surface area contributed by atoms with Gasteiger partial charge in [-0.3, -0.25) is 9.59 Å². The number of nitrogens with two attached hydrogens (primary N) is 1. The van der Waals surface area contributed by atoms with Crippen LogP contribution in [0.5, 0.6) is 0 Å². The van der Waals surface area contributed by atoms with Crippen LogP contribution in [-0.2, 0) is 19.1 Å². The fourth-order valence-corrected chi connectivity index (χ4v) is 3.06. The fourth-order valence-electron chi connectivity index (χ4n) is 1.91. The van der Waals surface area contributed by atoms with Gasteiger partial charge in [0.1, 0.15) is 18.0 Å². The van der Waals surface area contributed by atoms with Crippen molar-refractivity contribution in [3.63, 3.8) is 0 Å². The molecule has 18 heavy (non-hydrogen) atoms. The summed E-state index contributed by atoms with van der Waals surface area (Å²) < 4.78 is 4.78. The number of hydrogen-bond acceptors (Lipinski definition) is 6. The van der Waals surface area contributed by atoms with Crippen molar-refractivity contribution in [1.82, 2.24) is 4.90 Å². The molecule has 0 aromatic carbocycles. The van der Waals surface area contributed by atoms with Gasteiger partial charge in [0, 0.05) is 12.5 Å². The molecule has 0 aliphatic carbocycles. The summed E-state index contributed by atoms with van der Waals surface area (Å²) in [5, 5.41) is 10.4. The number of thioether (sulfide) groups is 1. The van der Waals surface area contributed by atoms with Gasteiger partial charge in [0.2, 0.25) is 5.91 Å². The molecule has 7 nitrogen and oxygen atoms in total. The van der Waals surface area contributed by atoms with Crippen LogP contribution in [0.25, 0.3) is 0 Å². The van der Waals surface area contributed by atoms with Gasteiger partial charge in [-0.1, -0.05) is 0 Å². The summed E-state index contributed by atoms with van der Waals surface area (Å²) in [6.45, 7) is 1.10. The highest BCUT2D eigenvalue weighted by Crippen LogP contribution is 2.39. The van der Waals surface area contributed by atoms with Gasteiger partial charge in [-0.25, -0.2) is 4.79 Å². The number of carboxylic acid groups (broad SMARTS) is 1. The van der Waals surface area contributed by atoms with Gasteiger partial charge in [-0.15, -0.1) is 11.8 Å². The van der Waals surface area contributed by atoms with Crippen molar-refractivity contribution in [2.45, 2.75) is 24.4 Å². The van der Waals surface area contributed by atoms with Crippen LogP contribution >= 0.6 is 11.8 Å². The average Bonchev–Trinajstić information content (AvgIpc) is 2.33. The molecule has 0 bridgehead atoms. The maximum absolute atomic E-state index is 11.6. The van der Waals surface area contributed by atoms with Gasteiger partial charge in [0.05, 0.1) is 0 Å². The molecule has 0 aromatic rings. The van der Waals surface area contributed by atoms with E-state index in [4.69, 9.17) is 10.5 Å². The molecule has 0 aromatic heterocycles. The van der Waals surface area contributed by atoms with Gasteiger partial charge in [0.15, 0.2) is 6.04 Å². The Bertz CT molecular complexity index is 450. The molecule has 1 saturated heterocycles. The topological polar surface area (TPSA) is 110 Å². The van der Waals surface area contributed by atoms with Crippen molar-refractivity contribution < 1.29 is 24.2 Å². The van der Waals surface area contributed by atoms with Crippen LogP contribution in [0.3, 0.4) is 0 Å². The number of β-lactam (4-membered cyclic amide) rings is 1. The molecular weight excluding hydrogens is 260 g/mol. The predicted octanol–water partition coefficient (Wildman–Crippen LogP) is -0.871. The van der Waals surface area contributed by atoms with Crippen LogP contribution in [-0.4, -0.2) is 51.9 Å². The molecule has 98 valence electrons. The molecule has 0 radical (unpaired) electrons. The minimum atomic E-state index is -1.15. The summed E-state index contributed by atoms with van der Waals surface area (Å²) in [5.41, 5.74) is 5.96. The van der Waals surface area contributed by atoms with E-state index in [1.807, 2.05) is 0 Å². The Hall–Kier alpha value is -1.54. The summed E-state index contributed by atoms with van der Waals surface area (Å²) in [7, 11) is 0. The number of carboxylic acids is 1. The monoisotopic (exact) mass is 272 g/mol. The lowest BCUT2D eigenvalue weighted by Crippen LogP contribution is -2.72. The highest BCUT2D eigenvalue weighted by atomic mass is 32.2. The van der Waals surface area contributed by atoms with Gasteiger partial charge in [0.25, 0.3) is 0 Å². The number of ether oxygens (including phenoxy) is 1. The van der Waals surface area contributed by atoms with E-state index in [0.29, 0.717) is 5.57 Å². The Labute approximate surface area is 107 Å². The summed E-state index contributed by atoms with van der Waals surface area (Å²) in [6, 6.07) is -1.76. The number of amides is 1. The largest absolute Gasteiger partial charge is 0.479 e. The highest BCUT2D eigenvalue weighted by molar-refractivity contribution is 8.02. The normalized spacial score (nSPS) is 30.1. The van der Waals surface area contributed by atoms with Gasteiger partial charge in [-0.05, 0) is 5.41 Å². The van der Waals surface area contributed by atoms with E-state index in [1.165, 1.54) is 23.6 Å². The quantitative estimate of drug-likeness (QED) is 0.507. The van der Waals surface area contributed by atoms with E-state index < -0.39 is 29.9 Å². The third kappa shape index (κ3) is 1.97. The summed E-state index contributed by atoms with van der Waals surface area (Å²) in [6.07, 6.45) is 0. The first-order valence-corrected chi connectivity index (χ1v) is 6.16. The number of esters is 1. The van der Waals surface area contributed by atoms with Gasteiger partial charge < -0.3 is 20.5 Å². The molecule has 1 amide bonds. The lowest BCUT2D eigenvalue weighted by Gasteiger charge is -2.49. The molecule has 2 rings (SSSR count).